The van der Waals surface area contributed by atoms with E-state index in [9.17, 15) is 0 Å². The molecule has 2 aromatic rings. The maximum atomic E-state index is 6.32. The van der Waals surface area contributed by atoms with Gasteiger partial charge in [0.2, 0.25) is 0 Å². The second-order valence-electron chi connectivity index (χ2n) is 5.69. The number of benzene rings is 2. The molecule has 0 aliphatic rings. The lowest BCUT2D eigenvalue weighted by molar-refractivity contribution is 0.190. The van der Waals surface area contributed by atoms with Gasteiger partial charge in [-0.2, -0.15) is 0 Å². The van der Waals surface area contributed by atoms with Crippen molar-refractivity contribution in [1.82, 2.24) is 0 Å². The van der Waals surface area contributed by atoms with Gasteiger partial charge in [0, 0.05) is 0 Å². The average molecular weight is 283 g/mol. The summed E-state index contributed by atoms with van der Waals surface area (Å²) >= 11 is 0. The Balaban J connectivity index is 2.07. The molecule has 2 N–H and O–H groups in total. The van der Waals surface area contributed by atoms with Gasteiger partial charge in [-0.3, -0.25) is 0 Å². The van der Waals surface area contributed by atoms with E-state index in [1.54, 1.807) is 0 Å². The van der Waals surface area contributed by atoms with Gasteiger partial charge in [-0.1, -0.05) is 37.3 Å². The van der Waals surface area contributed by atoms with Gasteiger partial charge >= 0.3 is 0 Å². The van der Waals surface area contributed by atoms with Crippen LogP contribution in [0.15, 0.2) is 42.5 Å². The van der Waals surface area contributed by atoms with Crippen molar-refractivity contribution in [1.29, 1.82) is 0 Å². The van der Waals surface area contributed by atoms with Crippen LogP contribution in [0.5, 0.6) is 5.75 Å². The van der Waals surface area contributed by atoms with Crippen LogP contribution in [0.1, 0.15) is 42.1 Å². The Morgan fingerprint density at radius 1 is 1.00 bits per heavy atom. The molecule has 0 amide bonds. The van der Waals surface area contributed by atoms with Crippen molar-refractivity contribution in [2.45, 2.75) is 46.3 Å². The lowest BCUT2D eigenvalue weighted by atomic mass is 10.0. The van der Waals surface area contributed by atoms with Gasteiger partial charge in [-0.25, -0.2) is 0 Å². The van der Waals surface area contributed by atoms with Crippen LogP contribution in [-0.2, 0) is 6.42 Å². The quantitative estimate of drug-likeness (QED) is 0.886. The molecule has 2 nitrogen and oxygen atoms in total. The maximum Gasteiger partial charge on any atom is 0.120 e. The molecular weight excluding hydrogens is 258 g/mol. The van der Waals surface area contributed by atoms with E-state index in [0.717, 1.165) is 17.7 Å². The highest BCUT2D eigenvalue weighted by Gasteiger charge is 2.16. The lowest BCUT2D eigenvalue weighted by Gasteiger charge is -2.22. The zero-order valence-electron chi connectivity index (χ0n) is 13.4. The van der Waals surface area contributed by atoms with E-state index in [-0.39, 0.29) is 12.1 Å². The van der Waals surface area contributed by atoms with Crippen LogP contribution in [-0.4, -0.2) is 6.10 Å². The first kappa shape index (κ1) is 15.6. The molecule has 0 saturated heterocycles. The Hall–Kier alpha value is -1.80. The Morgan fingerprint density at radius 2 is 1.67 bits per heavy atom. The molecule has 0 radical (unpaired) electrons. The first-order chi connectivity index (χ1) is 10.0. The molecule has 0 aliphatic carbocycles. The van der Waals surface area contributed by atoms with Crippen molar-refractivity contribution in [2.75, 3.05) is 0 Å². The first-order valence-corrected chi connectivity index (χ1v) is 7.59. The zero-order valence-corrected chi connectivity index (χ0v) is 13.4. The Bertz CT molecular complexity index is 589. The van der Waals surface area contributed by atoms with E-state index >= 15 is 0 Å². The molecule has 0 spiro atoms. The van der Waals surface area contributed by atoms with Crippen molar-refractivity contribution in [3.63, 3.8) is 0 Å². The van der Waals surface area contributed by atoms with Crippen molar-refractivity contribution >= 4 is 0 Å². The molecule has 112 valence electrons. The molecule has 0 fully saturated rings. The lowest BCUT2D eigenvalue weighted by Crippen LogP contribution is -2.28. The fourth-order valence-corrected chi connectivity index (χ4v) is 2.32. The van der Waals surface area contributed by atoms with Crippen molar-refractivity contribution in [3.8, 4) is 5.75 Å². The summed E-state index contributed by atoms with van der Waals surface area (Å²) in [6, 6.07) is 14.5. The van der Waals surface area contributed by atoms with Gasteiger partial charge in [-0.05, 0) is 61.6 Å². The smallest absolute Gasteiger partial charge is 0.120 e. The van der Waals surface area contributed by atoms with Crippen LogP contribution in [0.3, 0.4) is 0 Å². The summed E-state index contributed by atoms with van der Waals surface area (Å²) in [4.78, 5) is 0. The molecule has 0 heterocycles. The summed E-state index contributed by atoms with van der Waals surface area (Å²) in [6.45, 7) is 8.37. The molecule has 0 aromatic heterocycles. The average Bonchev–Trinajstić information content (AvgIpc) is 2.50. The van der Waals surface area contributed by atoms with Crippen molar-refractivity contribution in [2.24, 2.45) is 5.73 Å². The second-order valence-corrected chi connectivity index (χ2v) is 5.69. The molecule has 2 atom stereocenters. The number of hydrogen-bond donors (Lipinski definition) is 1. The predicted octanol–water partition coefficient (Wildman–Crippen LogP) is 4.33. The third-order valence-electron chi connectivity index (χ3n) is 4.08. The molecule has 2 heteroatoms. The summed E-state index contributed by atoms with van der Waals surface area (Å²) in [5.74, 6) is 0.881. The van der Waals surface area contributed by atoms with Crippen LogP contribution in [0.4, 0.5) is 0 Å². The zero-order chi connectivity index (χ0) is 15.4. The van der Waals surface area contributed by atoms with Gasteiger partial charge in [0.25, 0.3) is 0 Å². The summed E-state index contributed by atoms with van der Waals surface area (Å²) < 4.78 is 6.00. The molecule has 0 aliphatic heterocycles. The van der Waals surface area contributed by atoms with Crippen LogP contribution in [0.2, 0.25) is 0 Å². The molecular formula is C19H25NO. The molecule has 21 heavy (non-hydrogen) atoms. The predicted molar refractivity (Wildman–Crippen MR) is 88.8 cm³/mol. The third-order valence-corrected chi connectivity index (χ3v) is 4.08. The van der Waals surface area contributed by atoms with Gasteiger partial charge in [0.1, 0.15) is 11.9 Å². The number of hydrogen-bond acceptors (Lipinski definition) is 2. The van der Waals surface area contributed by atoms with E-state index in [2.05, 4.69) is 57.2 Å². The third kappa shape index (κ3) is 3.85. The van der Waals surface area contributed by atoms with E-state index in [1.165, 1.54) is 16.7 Å². The topological polar surface area (TPSA) is 35.2 Å². The molecule has 2 unspecified atom stereocenters. The van der Waals surface area contributed by atoms with E-state index < -0.39 is 0 Å². The number of rotatable bonds is 5. The normalized spacial score (nSPS) is 13.8. The SMILES string of the molecule is CCc1ccc(C(N)C(C)Oc2ccc(C)c(C)c2)cc1. The highest BCUT2D eigenvalue weighted by Crippen LogP contribution is 2.22. The molecule has 0 bridgehead atoms. The Morgan fingerprint density at radius 3 is 2.24 bits per heavy atom. The van der Waals surface area contributed by atoms with Gasteiger partial charge in [-0.15, -0.1) is 0 Å². The molecule has 2 aromatic carbocycles. The fourth-order valence-electron chi connectivity index (χ4n) is 2.32. The molecule has 2 rings (SSSR count). The number of nitrogens with two attached hydrogens (primary N) is 1. The Labute approximate surface area is 127 Å². The summed E-state index contributed by atoms with van der Waals surface area (Å²) in [5.41, 5.74) is 11.3. The summed E-state index contributed by atoms with van der Waals surface area (Å²) in [6.07, 6.45) is 0.976. The van der Waals surface area contributed by atoms with E-state index in [1.807, 2.05) is 13.0 Å². The van der Waals surface area contributed by atoms with Crippen LogP contribution >= 0.6 is 0 Å². The second kappa shape index (κ2) is 6.77. The largest absolute Gasteiger partial charge is 0.489 e. The number of aryl methyl sites for hydroxylation is 3. The Kier molecular flexibility index (Phi) is 5.03. The maximum absolute atomic E-state index is 6.32. The van der Waals surface area contributed by atoms with Crippen LogP contribution in [0.25, 0.3) is 0 Å². The highest BCUT2D eigenvalue weighted by atomic mass is 16.5. The number of ether oxygens (including phenoxy) is 1. The first-order valence-electron chi connectivity index (χ1n) is 7.59. The van der Waals surface area contributed by atoms with Crippen LogP contribution in [0, 0.1) is 13.8 Å². The fraction of sp³-hybridized carbons (Fsp3) is 0.368. The van der Waals surface area contributed by atoms with Gasteiger partial charge in [0.05, 0.1) is 6.04 Å². The van der Waals surface area contributed by atoms with Crippen LogP contribution < -0.4 is 10.5 Å². The minimum Gasteiger partial charge on any atom is -0.489 e. The molecule has 0 saturated carbocycles. The minimum atomic E-state index is -0.127. The van der Waals surface area contributed by atoms with Crippen molar-refractivity contribution < 1.29 is 4.74 Å². The summed E-state index contributed by atoms with van der Waals surface area (Å²) in [5, 5.41) is 0. The van der Waals surface area contributed by atoms with E-state index in [4.69, 9.17) is 10.5 Å². The van der Waals surface area contributed by atoms with E-state index in [0.29, 0.717) is 0 Å². The highest BCUT2D eigenvalue weighted by molar-refractivity contribution is 5.34. The standard InChI is InChI=1S/C19H25NO/c1-5-16-7-9-17(10-8-16)19(20)15(4)21-18-11-6-13(2)14(3)12-18/h6-12,15,19H,5,20H2,1-4H3. The minimum absolute atomic E-state index is 0.0698. The van der Waals surface area contributed by atoms with Crippen molar-refractivity contribution in [3.05, 3.63) is 64.7 Å². The van der Waals surface area contributed by atoms with Gasteiger partial charge < -0.3 is 10.5 Å². The monoisotopic (exact) mass is 283 g/mol. The van der Waals surface area contributed by atoms with Gasteiger partial charge in [0.15, 0.2) is 0 Å². The summed E-state index contributed by atoms with van der Waals surface area (Å²) in [7, 11) is 0.